The molecule has 1 saturated carbocycles. The molecule has 0 spiro atoms. The molecule has 0 saturated heterocycles. The fraction of sp³-hybridized carbons (Fsp3) is 0.917. The molecule has 1 amide bonds. The zero-order valence-electron chi connectivity index (χ0n) is 10.8. The van der Waals surface area contributed by atoms with Crippen molar-refractivity contribution in [3.8, 4) is 0 Å². The Morgan fingerprint density at radius 2 is 2.12 bits per heavy atom. The first kappa shape index (κ1) is 13.5. The average molecular weight is 227 g/mol. The van der Waals surface area contributed by atoms with Crippen LogP contribution in [0.3, 0.4) is 0 Å². The molecule has 1 aliphatic carbocycles. The van der Waals surface area contributed by atoms with Crippen LogP contribution in [0.1, 0.15) is 32.6 Å². The first-order chi connectivity index (χ1) is 7.49. The van der Waals surface area contributed by atoms with Crippen molar-refractivity contribution in [3.63, 3.8) is 0 Å². The van der Waals surface area contributed by atoms with Gasteiger partial charge < -0.3 is 16.0 Å². The van der Waals surface area contributed by atoms with E-state index in [0.29, 0.717) is 25.6 Å². The minimum atomic E-state index is 0.117. The number of nitrogens with zero attached hydrogens (tertiary/aromatic N) is 1. The van der Waals surface area contributed by atoms with E-state index in [2.05, 4.69) is 17.1 Å². The summed E-state index contributed by atoms with van der Waals surface area (Å²) in [4.78, 5) is 13.9. The molecule has 0 aromatic carbocycles. The van der Waals surface area contributed by atoms with Crippen molar-refractivity contribution >= 4 is 5.91 Å². The first-order valence-corrected chi connectivity index (χ1v) is 6.12. The normalized spacial score (nSPS) is 20.3. The highest BCUT2D eigenvalue weighted by molar-refractivity contribution is 5.76. The molecular formula is C12H25N3O. The lowest BCUT2D eigenvalue weighted by Gasteiger charge is -2.40. The summed E-state index contributed by atoms with van der Waals surface area (Å²) in [6.45, 7) is 3.46. The van der Waals surface area contributed by atoms with Crippen molar-refractivity contribution in [3.05, 3.63) is 0 Å². The third-order valence-corrected chi connectivity index (χ3v) is 3.86. The Balaban J connectivity index is 2.25. The van der Waals surface area contributed by atoms with Crippen molar-refractivity contribution < 1.29 is 4.79 Å². The summed E-state index contributed by atoms with van der Waals surface area (Å²) < 4.78 is 0. The maximum absolute atomic E-state index is 11.8. The molecule has 1 atom stereocenters. The van der Waals surface area contributed by atoms with Crippen LogP contribution in [0, 0.1) is 5.41 Å². The first-order valence-electron chi connectivity index (χ1n) is 6.12. The zero-order chi connectivity index (χ0) is 12.2. The molecular weight excluding hydrogens is 202 g/mol. The van der Waals surface area contributed by atoms with Crippen LogP contribution in [0.15, 0.2) is 0 Å². The maximum atomic E-state index is 11.8. The van der Waals surface area contributed by atoms with Gasteiger partial charge in [-0.1, -0.05) is 6.42 Å². The molecule has 4 heteroatoms. The zero-order valence-corrected chi connectivity index (χ0v) is 10.8. The van der Waals surface area contributed by atoms with Crippen molar-refractivity contribution in [2.45, 2.75) is 38.6 Å². The summed E-state index contributed by atoms with van der Waals surface area (Å²) in [5.74, 6) is 0.152. The van der Waals surface area contributed by atoms with Crippen molar-refractivity contribution in [2.75, 3.05) is 27.2 Å². The van der Waals surface area contributed by atoms with Gasteiger partial charge in [0.2, 0.25) is 5.91 Å². The Morgan fingerprint density at radius 3 is 2.50 bits per heavy atom. The Morgan fingerprint density at radius 1 is 1.50 bits per heavy atom. The predicted octanol–water partition coefficient (Wildman–Crippen LogP) is 0.572. The fourth-order valence-corrected chi connectivity index (χ4v) is 1.98. The van der Waals surface area contributed by atoms with Gasteiger partial charge >= 0.3 is 0 Å². The van der Waals surface area contributed by atoms with Crippen molar-refractivity contribution in [1.82, 2.24) is 10.2 Å². The van der Waals surface area contributed by atoms with Gasteiger partial charge in [0, 0.05) is 19.0 Å². The quantitative estimate of drug-likeness (QED) is 0.697. The fourth-order valence-electron chi connectivity index (χ4n) is 1.98. The standard InChI is InChI=1S/C12H25N3O/c1-10(15(2)3)8-14-11(16)7-12(9-13)5-4-6-12/h10H,4-9,13H2,1-3H3,(H,14,16). The lowest BCUT2D eigenvalue weighted by atomic mass is 9.66. The molecule has 0 aromatic rings. The monoisotopic (exact) mass is 227 g/mol. The van der Waals surface area contributed by atoms with E-state index in [9.17, 15) is 4.79 Å². The molecule has 3 N–H and O–H groups in total. The van der Waals surface area contributed by atoms with Crippen LogP contribution in [-0.4, -0.2) is 44.0 Å². The van der Waals surface area contributed by atoms with E-state index in [1.54, 1.807) is 0 Å². The number of nitrogens with one attached hydrogen (secondary N) is 1. The largest absolute Gasteiger partial charge is 0.355 e. The Labute approximate surface area is 98.6 Å². The van der Waals surface area contributed by atoms with Gasteiger partial charge in [0.15, 0.2) is 0 Å². The number of rotatable bonds is 6. The summed E-state index contributed by atoms with van der Waals surface area (Å²) >= 11 is 0. The van der Waals surface area contributed by atoms with E-state index >= 15 is 0 Å². The molecule has 1 unspecified atom stereocenters. The van der Waals surface area contributed by atoms with Gasteiger partial charge in [0.1, 0.15) is 0 Å². The smallest absolute Gasteiger partial charge is 0.220 e. The van der Waals surface area contributed by atoms with E-state index in [4.69, 9.17) is 5.73 Å². The molecule has 0 radical (unpaired) electrons. The SMILES string of the molecule is CC(CNC(=O)CC1(CN)CCC1)N(C)C. The van der Waals surface area contributed by atoms with Crippen LogP contribution in [0.25, 0.3) is 0 Å². The minimum Gasteiger partial charge on any atom is -0.355 e. The molecule has 0 bridgehead atoms. The molecule has 94 valence electrons. The summed E-state index contributed by atoms with van der Waals surface area (Å²) in [7, 11) is 4.04. The second-order valence-corrected chi connectivity index (χ2v) is 5.35. The van der Waals surface area contributed by atoms with E-state index in [1.807, 2.05) is 14.1 Å². The lowest BCUT2D eigenvalue weighted by molar-refractivity contribution is -0.124. The van der Waals surface area contributed by atoms with Gasteiger partial charge in [-0.3, -0.25) is 4.79 Å². The molecule has 0 heterocycles. The van der Waals surface area contributed by atoms with Gasteiger partial charge in [-0.15, -0.1) is 0 Å². The van der Waals surface area contributed by atoms with Gasteiger partial charge in [0.05, 0.1) is 0 Å². The molecule has 1 aliphatic rings. The maximum Gasteiger partial charge on any atom is 0.220 e. The van der Waals surface area contributed by atoms with Gasteiger partial charge in [-0.2, -0.15) is 0 Å². The average Bonchev–Trinajstić information content (AvgIpc) is 2.19. The topological polar surface area (TPSA) is 58.4 Å². The highest BCUT2D eigenvalue weighted by atomic mass is 16.1. The molecule has 0 aliphatic heterocycles. The summed E-state index contributed by atoms with van der Waals surface area (Å²) in [6, 6.07) is 0.374. The Hall–Kier alpha value is -0.610. The Kier molecular flexibility index (Phi) is 4.74. The number of likely N-dealkylation sites (N-methyl/N-ethyl adjacent to an activating group) is 1. The van der Waals surface area contributed by atoms with Gasteiger partial charge in [-0.05, 0) is 45.8 Å². The molecule has 16 heavy (non-hydrogen) atoms. The number of carbonyl (C=O) groups excluding carboxylic acids is 1. The third kappa shape index (κ3) is 3.46. The lowest BCUT2D eigenvalue weighted by Crippen LogP contribution is -2.44. The van der Waals surface area contributed by atoms with Gasteiger partial charge in [-0.25, -0.2) is 0 Å². The number of carbonyl (C=O) groups is 1. The highest BCUT2D eigenvalue weighted by Gasteiger charge is 2.37. The van der Waals surface area contributed by atoms with Crippen LogP contribution in [0.4, 0.5) is 0 Å². The van der Waals surface area contributed by atoms with E-state index in [-0.39, 0.29) is 11.3 Å². The predicted molar refractivity (Wildman–Crippen MR) is 66.1 cm³/mol. The minimum absolute atomic E-state index is 0.117. The summed E-state index contributed by atoms with van der Waals surface area (Å²) in [5.41, 5.74) is 5.85. The summed E-state index contributed by atoms with van der Waals surface area (Å²) in [6.07, 6.45) is 4.04. The van der Waals surface area contributed by atoms with E-state index < -0.39 is 0 Å². The third-order valence-electron chi connectivity index (χ3n) is 3.86. The number of nitrogens with two attached hydrogens (primary N) is 1. The van der Waals surface area contributed by atoms with Crippen LogP contribution in [0.2, 0.25) is 0 Å². The van der Waals surface area contributed by atoms with Crippen LogP contribution >= 0.6 is 0 Å². The van der Waals surface area contributed by atoms with Crippen molar-refractivity contribution in [1.29, 1.82) is 0 Å². The summed E-state index contributed by atoms with van der Waals surface area (Å²) in [5, 5.41) is 2.99. The second-order valence-electron chi connectivity index (χ2n) is 5.35. The number of amides is 1. The molecule has 0 aromatic heterocycles. The Bertz CT molecular complexity index is 231. The van der Waals surface area contributed by atoms with Crippen LogP contribution in [0.5, 0.6) is 0 Å². The van der Waals surface area contributed by atoms with Crippen molar-refractivity contribution in [2.24, 2.45) is 11.1 Å². The van der Waals surface area contributed by atoms with E-state index in [0.717, 1.165) is 12.8 Å². The molecule has 4 nitrogen and oxygen atoms in total. The highest BCUT2D eigenvalue weighted by Crippen LogP contribution is 2.42. The number of hydrogen-bond acceptors (Lipinski definition) is 3. The molecule has 1 rings (SSSR count). The van der Waals surface area contributed by atoms with E-state index in [1.165, 1.54) is 6.42 Å². The number of hydrogen-bond donors (Lipinski definition) is 2. The molecule has 1 fully saturated rings. The van der Waals surface area contributed by atoms with Crippen LogP contribution < -0.4 is 11.1 Å². The second kappa shape index (κ2) is 5.64. The van der Waals surface area contributed by atoms with Crippen LogP contribution in [-0.2, 0) is 4.79 Å². The van der Waals surface area contributed by atoms with Gasteiger partial charge in [0.25, 0.3) is 0 Å².